The minimum atomic E-state index is -0.509. The van der Waals surface area contributed by atoms with Crippen LogP contribution < -0.4 is 10.2 Å². The van der Waals surface area contributed by atoms with Crippen LogP contribution in [-0.4, -0.2) is 54.1 Å². The Balaban J connectivity index is 1.62. The molecule has 0 N–H and O–H groups in total. The second kappa shape index (κ2) is 7.11. The molecule has 2 saturated heterocycles. The Kier molecular flexibility index (Phi) is 5.41. The zero-order chi connectivity index (χ0) is 20.9. The third-order valence-electron chi connectivity index (χ3n) is 5.22. The van der Waals surface area contributed by atoms with Crippen molar-refractivity contribution in [1.29, 1.82) is 0 Å². The van der Waals surface area contributed by atoms with Crippen molar-refractivity contribution in [2.75, 3.05) is 13.1 Å². The Morgan fingerprint density at radius 2 is 1.71 bits per heavy atom. The predicted molar refractivity (Wildman–Crippen MR) is 109 cm³/mol. The van der Waals surface area contributed by atoms with Gasteiger partial charge in [-0.15, -0.1) is 0 Å². The van der Waals surface area contributed by atoms with Gasteiger partial charge in [0.1, 0.15) is 17.5 Å². The van der Waals surface area contributed by atoms with E-state index in [1.165, 1.54) is 0 Å². The zero-order valence-corrected chi connectivity index (χ0v) is 18.4. The van der Waals surface area contributed by atoms with E-state index in [-0.39, 0.29) is 12.2 Å². The fourth-order valence-corrected chi connectivity index (χ4v) is 3.18. The molecule has 0 aliphatic carbocycles. The Morgan fingerprint density at radius 3 is 2.25 bits per heavy atom. The van der Waals surface area contributed by atoms with Crippen LogP contribution >= 0.6 is 11.6 Å². The molecule has 2 aliphatic rings. The van der Waals surface area contributed by atoms with E-state index in [0.29, 0.717) is 23.9 Å². The first-order chi connectivity index (χ1) is 12.8. The van der Waals surface area contributed by atoms with Crippen LogP contribution in [0.1, 0.15) is 48.5 Å². The third kappa shape index (κ3) is 4.58. The molecule has 1 amide bonds. The van der Waals surface area contributed by atoms with E-state index in [2.05, 4.69) is 0 Å². The molecule has 1 aromatic carbocycles. The lowest BCUT2D eigenvalue weighted by Crippen LogP contribution is -2.57. The second-order valence-corrected chi connectivity index (χ2v) is 9.87. The molecule has 0 atom stereocenters. The van der Waals surface area contributed by atoms with Crippen LogP contribution in [0.5, 0.6) is 5.75 Å². The van der Waals surface area contributed by atoms with E-state index in [1.54, 1.807) is 11.0 Å². The number of halogens is 1. The van der Waals surface area contributed by atoms with E-state index < -0.39 is 23.9 Å². The summed E-state index contributed by atoms with van der Waals surface area (Å²) in [5, 5.41) is 0.547. The van der Waals surface area contributed by atoms with Crippen LogP contribution in [0.3, 0.4) is 0 Å². The summed E-state index contributed by atoms with van der Waals surface area (Å²) in [6, 6.07) is 5.46. The fraction of sp³-hybridized carbons (Fsp3) is 0.650. The van der Waals surface area contributed by atoms with Gasteiger partial charge in [-0.05, 0) is 72.1 Å². The summed E-state index contributed by atoms with van der Waals surface area (Å²) >= 11 is 6.29. The molecule has 3 rings (SSSR count). The fourth-order valence-electron chi connectivity index (χ4n) is 2.95. The average Bonchev–Trinajstić information content (AvgIpc) is 2.68. The molecule has 0 spiro atoms. The van der Waals surface area contributed by atoms with E-state index >= 15 is 0 Å². The van der Waals surface area contributed by atoms with Crippen LogP contribution in [0.15, 0.2) is 18.2 Å². The maximum atomic E-state index is 12.0. The molecule has 1 aromatic rings. The molecule has 0 unspecified atom stereocenters. The van der Waals surface area contributed by atoms with Crippen LogP contribution in [0, 0.1) is 0 Å². The lowest BCUT2D eigenvalue weighted by molar-refractivity contribution is -0.0221. The van der Waals surface area contributed by atoms with Crippen molar-refractivity contribution in [2.24, 2.45) is 0 Å². The van der Waals surface area contributed by atoms with Crippen molar-refractivity contribution in [3.8, 4) is 5.75 Å². The number of rotatable bonds is 3. The van der Waals surface area contributed by atoms with Crippen molar-refractivity contribution < 1.29 is 23.6 Å². The predicted octanol–water partition coefficient (Wildman–Crippen LogP) is 3.64. The smallest absolute Gasteiger partial charge is 0.487 e. The number of hydrogen-bond acceptors (Lipinski definition) is 5. The monoisotopic (exact) mass is 409 g/mol. The first-order valence-electron chi connectivity index (χ1n) is 9.56. The Labute approximate surface area is 172 Å². The first kappa shape index (κ1) is 21.3. The van der Waals surface area contributed by atoms with Gasteiger partial charge in [-0.1, -0.05) is 11.6 Å². The molecule has 28 heavy (non-hydrogen) atoms. The molecule has 2 aliphatic heterocycles. The highest BCUT2D eigenvalue weighted by Gasteiger charge is 2.51. The normalized spacial score (nSPS) is 21.4. The molecule has 0 saturated carbocycles. The minimum Gasteiger partial charge on any atom is -0.487 e. The van der Waals surface area contributed by atoms with Crippen LogP contribution in [0.25, 0.3) is 0 Å². The molecule has 8 heteroatoms. The second-order valence-electron chi connectivity index (χ2n) is 9.43. The Hall–Kier alpha value is -1.44. The highest BCUT2D eigenvalue weighted by atomic mass is 35.5. The SMILES string of the molecule is CC(C)(C)OC(=O)N1CC(Oc2cc(Cl)cc(B3OC(C)(C)C(C)(C)O3)c2)C1. The maximum Gasteiger partial charge on any atom is 0.495 e. The minimum absolute atomic E-state index is 0.0999. The number of hydrogen-bond donors (Lipinski definition) is 0. The summed E-state index contributed by atoms with van der Waals surface area (Å²) in [6.07, 6.45) is -0.423. The van der Waals surface area contributed by atoms with Crippen molar-refractivity contribution in [2.45, 2.75) is 71.4 Å². The molecule has 2 fully saturated rings. The number of nitrogens with zero attached hydrogens (tertiary/aromatic N) is 1. The summed E-state index contributed by atoms with van der Waals surface area (Å²) in [7, 11) is -0.509. The van der Waals surface area contributed by atoms with Crippen molar-refractivity contribution in [1.82, 2.24) is 4.90 Å². The Morgan fingerprint density at radius 1 is 1.14 bits per heavy atom. The van der Waals surface area contributed by atoms with E-state index in [9.17, 15) is 4.79 Å². The van der Waals surface area contributed by atoms with Gasteiger partial charge in [-0.25, -0.2) is 4.79 Å². The molecular formula is C20H29BClNO5. The van der Waals surface area contributed by atoms with Gasteiger partial charge >= 0.3 is 13.2 Å². The van der Waals surface area contributed by atoms with Gasteiger partial charge in [0.15, 0.2) is 0 Å². The number of ether oxygens (including phenoxy) is 2. The topological polar surface area (TPSA) is 57.2 Å². The summed E-state index contributed by atoms with van der Waals surface area (Å²) in [5.41, 5.74) is -0.552. The molecule has 0 radical (unpaired) electrons. The highest BCUT2D eigenvalue weighted by Crippen LogP contribution is 2.37. The molecule has 0 aromatic heterocycles. The molecule has 0 bridgehead atoms. The van der Waals surface area contributed by atoms with Crippen LogP contribution in [0.2, 0.25) is 5.02 Å². The van der Waals surface area contributed by atoms with E-state index in [0.717, 1.165) is 5.46 Å². The van der Waals surface area contributed by atoms with Crippen LogP contribution in [0.4, 0.5) is 4.79 Å². The molecular weight excluding hydrogens is 380 g/mol. The summed E-state index contributed by atoms with van der Waals surface area (Å²) in [5.74, 6) is 0.631. The zero-order valence-electron chi connectivity index (χ0n) is 17.7. The van der Waals surface area contributed by atoms with Gasteiger partial charge in [0, 0.05) is 5.02 Å². The quantitative estimate of drug-likeness (QED) is 0.713. The van der Waals surface area contributed by atoms with Crippen molar-refractivity contribution in [3.63, 3.8) is 0 Å². The lowest BCUT2D eigenvalue weighted by atomic mass is 9.79. The summed E-state index contributed by atoms with van der Waals surface area (Å²) in [6.45, 7) is 14.5. The van der Waals surface area contributed by atoms with Gasteiger partial charge in [0.05, 0.1) is 24.3 Å². The van der Waals surface area contributed by atoms with Gasteiger partial charge in [0.2, 0.25) is 0 Å². The van der Waals surface area contributed by atoms with E-state index in [1.807, 2.05) is 60.6 Å². The number of carbonyl (C=O) groups excluding carboxylic acids is 1. The van der Waals surface area contributed by atoms with Gasteiger partial charge < -0.3 is 23.7 Å². The third-order valence-corrected chi connectivity index (χ3v) is 5.44. The standard InChI is InChI=1S/C20H29BClNO5/c1-18(2,3)26-17(24)23-11-16(12-23)25-15-9-13(8-14(22)10-15)21-27-19(4,5)20(6,7)28-21/h8-10,16H,11-12H2,1-7H3. The van der Waals surface area contributed by atoms with Crippen molar-refractivity contribution in [3.05, 3.63) is 23.2 Å². The molecule has 2 heterocycles. The largest absolute Gasteiger partial charge is 0.495 e. The number of carbonyl (C=O) groups is 1. The van der Waals surface area contributed by atoms with Gasteiger partial charge in [-0.3, -0.25) is 0 Å². The molecule has 154 valence electrons. The van der Waals surface area contributed by atoms with E-state index in [4.69, 9.17) is 30.4 Å². The van der Waals surface area contributed by atoms with Crippen molar-refractivity contribution >= 4 is 30.3 Å². The number of benzene rings is 1. The number of amides is 1. The molecule has 6 nitrogen and oxygen atoms in total. The lowest BCUT2D eigenvalue weighted by Gasteiger charge is -2.39. The average molecular weight is 410 g/mol. The van der Waals surface area contributed by atoms with Gasteiger partial charge in [0.25, 0.3) is 0 Å². The number of likely N-dealkylation sites (tertiary alicyclic amines) is 1. The highest BCUT2D eigenvalue weighted by molar-refractivity contribution is 6.62. The Bertz CT molecular complexity index is 739. The summed E-state index contributed by atoms with van der Waals surface area (Å²) < 4.78 is 23.6. The maximum absolute atomic E-state index is 12.0. The van der Waals surface area contributed by atoms with Crippen LogP contribution in [-0.2, 0) is 14.0 Å². The van der Waals surface area contributed by atoms with Gasteiger partial charge in [-0.2, -0.15) is 0 Å². The first-order valence-corrected chi connectivity index (χ1v) is 9.94. The summed E-state index contributed by atoms with van der Waals surface area (Å²) in [4.78, 5) is 13.7.